The predicted octanol–water partition coefficient (Wildman–Crippen LogP) is 7.02. The number of alkyl halides is 5. The van der Waals surface area contributed by atoms with Gasteiger partial charge in [-0.3, -0.25) is 4.90 Å². The fourth-order valence-electron chi connectivity index (χ4n) is 6.06. The van der Waals surface area contributed by atoms with Crippen molar-refractivity contribution in [2.24, 2.45) is 0 Å². The molecular formula is C32H31F5N6O3. The largest absolute Gasteiger partial charge is 0.481 e. The molecule has 0 aliphatic carbocycles. The Morgan fingerprint density at radius 3 is 2.43 bits per heavy atom. The van der Waals surface area contributed by atoms with Crippen LogP contribution in [0.1, 0.15) is 46.7 Å². The second kappa shape index (κ2) is 11.2. The number of anilines is 1. The highest BCUT2D eigenvalue weighted by molar-refractivity contribution is 5.79. The molecule has 5 heterocycles. The lowest BCUT2D eigenvalue weighted by atomic mass is 9.97. The van der Waals surface area contributed by atoms with Gasteiger partial charge in [0.15, 0.2) is 0 Å². The lowest BCUT2D eigenvalue weighted by molar-refractivity contribution is -0.137. The van der Waals surface area contributed by atoms with Crippen LogP contribution in [0.4, 0.5) is 32.7 Å². The number of carbonyl (C=O) groups excluding carboxylic acids is 1. The molecule has 2 aliphatic heterocycles. The Morgan fingerprint density at radius 1 is 1.07 bits per heavy atom. The number of pyridine rings is 1. The van der Waals surface area contributed by atoms with Crippen LogP contribution in [-0.2, 0) is 17.5 Å². The van der Waals surface area contributed by atoms with E-state index in [1.54, 1.807) is 19.2 Å². The zero-order valence-electron chi connectivity index (χ0n) is 25.7. The number of hydrogen-bond donors (Lipinski definition) is 1. The van der Waals surface area contributed by atoms with Gasteiger partial charge in [0.1, 0.15) is 6.10 Å². The van der Waals surface area contributed by atoms with E-state index >= 15 is 0 Å². The Balaban J connectivity index is 1.41. The normalized spacial score (nSPS) is 19.3. The summed E-state index contributed by atoms with van der Waals surface area (Å²) in [6.07, 6.45) is -1.30. The maximum Gasteiger partial charge on any atom is 0.416 e. The molecule has 1 amide bonds. The van der Waals surface area contributed by atoms with E-state index in [0.717, 1.165) is 34.5 Å². The van der Waals surface area contributed by atoms with Crippen molar-refractivity contribution in [2.45, 2.75) is 58.5 Å². The minimum absolute atomic E-state index is 0.0512. The van der Waals surface area contributed by atoms with E-state index in [1.165, 1.54) is 30.0 Å². The van der Waals surface area contributed by atoms with Crippen LogP contribution >= 0.6 is 0 Å². The molecule has 3 aromatic heterocycles. The Kier molecular flexibility index (Phi) is 7.64. The summed E-state index contributed by atoms with van der Waals surface area (Å²) in [7, 11) is 1.46. The minimum atomic E-state index is -4.58. The van der Waals surface area contributed by atoms with Crippen LogP contribution in [0.5, 0.6) is 5.88 Å². The van der Waals surface area contributed by atoms with Crippen molar-refractivity contribution in [3.05, 3.63) is 76.5 Å². The van der Waals surface area contributed by atoms with Crippen molar-refractivity contribution in [3.63, 3.8) is 0 Å². The van der Waals surface area contributed by atoms with Gasteiger partial charge in [-0.25, -0.2) is 28.5 Å². The first kappa shape index (κ1) is 31.2. The molecule has 0 saturated carbocycles. The summed E-state index contributed by atoms with van der Waals surface area (Å²) in [5, 5.41) is 0. The molecule has 6 rings (SSSR count). The molecule has 2 saturated heterocycles. The highest BCUT2D eigenvalue weighted by atomic mass is 19.4. The fourth-order valence-corrected chi connectivity index (χ4v) is 6.06. The molecule has 1 aromatic carbocycles. The number of benzene rings is 1. The van der Waals surface area contributed by atoms with Gasteiger partial charge in [-0.1, -0.05) is 11.6 Å². The van der Waals surface area contributed by atoms with E-state index in [4.69, 9.17) is 9.47 Å². The quantitative estimate of drug-likeness (QED) is 0.217. The standard InChI is InChI=1S/C32H31F5N6O3/c1-16-6-20(8-22(7-16)32(35,36)37)27-19(4)43(30(44)46-27)13-25-24(12-40-29(41-25)42-14-31(33,34)15-42)23-9-21(11-39-28(23)45-5)26-17(2)10-38-18(26)3/h6-12,19,27,38H,13-15H2,1-5H3/t19-,27-/m0/s1. The highest BCUT2D eigenvalue weighted by Gasteiger charge is 2.46. The number of aromatic nitrogens is 4. The van der Waals surface area contributed by atoms with Crippen LogP contribution in [-0.4, -0.2) is 63.1 Å². The second-order valence-corrected chi connectivity index (χ2v) is 11.8. The van der Waals surface area contributed by atoms with Gasteiger partial charge in [-0.2, -0.15) is 13.2 Å². The van der Waals surface area contributed by atoms with Crippen molar-refractivity contribution in [2.75, 3.05) is 25.1 Å². The summed E-state index contributed by atoms with van der Waals surface area (Å²) in [5.41, 5.74) is 4.59. The first-order valence-electron chi connectivity index (χ1n) is 14.5. The van der Waals surface area contributed by atoms with E-state index in [9.17, 15) is 26.7 Å². The molecule has 0 spiro atoms. The minimum Gasteiger partial charge on any atom is -0.481 e. The van der Waals surface area contributed by atoms with E-state index in [1.807, 2.05) is 26.1 Å². The van der Waals surface area contributed by atoms with Crippen LogP contribution in [0, 0.1) is 20.8 Å². The molecule has 4 aromatic rings. The molecular weight excluding hydrogens is 611 g/mol. The number of carbonyl (C=O) groups is 1. The molecule has 9 nitrogen and oxygen atoms in total. The Bertz CT molecular complexity index is 1800. The third kappa shape index (κ3) is 5.71. The zero-order chi connectivity index (χ0) is 33.1. The molecule has 0 unspecified atom stereocenters. The molecule has 46 heavy (non-hydrogen) atoms. The van der Waals surface area contributed by atoms with Crippen LogP contribution in [0.2, 0.25) is 0 Å². The summed E-state index contributed by atoms with van der Waals surface area (Å²) in [6, 6.07) is 4.72. The lowest BCUT2D eigenvalue weighted by Gasteiger charge is -2.38. The number of rotatable bonds is 7. The SMILES string of the molecule is COc1ncc(-c2c(C)c[nH]c2C)cc1-c1cnc(N2CC(F)(F)C2)nc1CN1C(=O)O[C@H](c2cc(C)cc(C(F)(F)F)c2)[C@@H]1C. The first-order chi connectivity index (χ1) is 21.6. The van der Waals surface area contributed by atoms with Gasteiger partial charge < -0.3 is 19.4 Å². The molecule has 14 heteroatoms. The number of H-pyrrole nitrogens is 1. The molecule has 2 fully saturated rings. The Morgan fingerprint density at radius 2 is 1.80 bits per heavy atom. The molecule has 0 radical (unpaired) electrons. The van der Waals surface area contributed by atoms with Crippen LogP contribution in [0.25, 0.3) is 22.3 Å². The molecule has 2 aliphatic rings. The predicted molar refractivity (Wildman–Crippen MR) is 159 cm³/mol. The maximum atomic E-state index is 13.8. The van der Waals surface area contributed by atoms with E-state index in [-0.39, 0.29) is 23.9 Å². The van der Waals surface area contributed by atoms with Gasteiger partial charge in [-0.05, 0) is 57.0 Å². The molecule has 0 bridgehead atoms. The lowest BCUT2D eigenvalue weighted by Crippen LogP contribution is -2.57. The van der Waals surface area contributed by atoms with Gasteiger partial charge in [0.25, 0.3) is 5.92 Å². The van der Waals surface area contributed by atoms with E-state index < -0.39 is 49.0 Å². The van der Waals surface area contributed by atoms with Crippen molar-refractivity contribution in [3.8, 4) is 28.1 Å². The average Bonchev–Trinajstić information content (AvgIpc) is 3.46. The van der Waals surface area contributed by atoms with E-state index in [2.05, 4.69) is 19.9 Å². The number of nitrogens with one attached hydrogen (secondary N) is 1. The number of ether oxygens (including phenoxy) is 2. The molecule has 1 N–H and O–H groups in total. The monoisotopic (exact) mass is 642 g/mol. The van der Waals surface area contributed by atoms with Crippen molar-refractivity contribution in [1.82, 2.24) is 24.8 Å². The number of amides is 1. The number of aromatic amines is 1. The number of cyclic esters (lactones) is 1. The number of nitrogens with zero attached hydrogens (tertiary/aromatic N) is 5. The Hall–Kier alpha value is -4.75. The topological polar surface area (TPSA) is 96.5 Å². The van der Waals surface area contributed by atoms with E-state index in [0.29, 0.717) is 22.4 Å². The summed E-state index contributed by atoms with van der Waals surface area (Å²) in [5.74, 6) is -2.58. The highest BCUT2D eigenvalue weighted by Crippen LogP contribution is 2.41. The molecule has 242 valence electrons. The number of aryl methyl sites for hydroxylation is 3. The van der Waals surface area contributed by atoms with Crippen molar-refractivity contribution in [1.29, 1.82) is 0 Å². The second-order valence-electron chi connectivity index (χ2n) is 11.8. The summed E-state index contributed by atoms with van der Waals surface area (Å²) >= 11 is 0. The van der Waals surface area contributed by atoms with Crippen molar-refractivity contribution < 1.29 is 36.2 Å². The van der Waals surface area contributed by atoms with Gasteiger partial charge >= 0.3 is 12.3 Å². The maximum absolute atomic E-state index is 13.8. The summed E-state index contributed by atoms with van der Waals surface area (Å²) in [6.45, 7) is 5.83. The Labute approximate surface area is 261 Å². The van der Waals surface area contributed by atoms with Crippen LogP contribution in [0.3, 0.4) is 0 Å². The number of halogens is 5. The van der Waals surface area contributed by atoms with Gasteiger partial charge in [-0.15, -0.1) is 0 Å². The summed E-state index contributed by atoms with van der Waals surface area (Å²) < 4.78 is 79.5. The smallest absolute Gasteiger partial charge is 0.416 e. The van der Waals surface area contributed by atoms with Crippen LogP contribution < -0.4 is 9.64 Å². The van der Waals surface area contributed by atoms with Crippen LogP contribution in [0.15, 0.2) is 42.9 Å². The van der Waals surface area contributed by atoms with Gasteiger partial charge in [0.05, 0.1) is 44.0 Å². The average molecular weight is 643 g/mol. The fraction of sp³-hybridized carbons (Fsp3) is 0.375. The van der Waals surface area contributed by atoms with Gasteiger partial charge in [0, 0.05) is 46.5 Å². The van der Waals surface area contributed by atoms with Gasteiger partial charge in [0.2, 0.25) is 11.8 Å². The zero-order valence-corrected chi connectivity index (χ0v) is 25.7. The first-order valence-corrected chi connectivity index (χ1v) is 14.5. The third-order valence-corrected chi connectivity index (χ3v) is 8.35. The third-order valence-electron chi connectivity index (χ3n) is 8.35. The molecule has 2 atom stereocenters. The summed E-state index contributed by atoms with van der Waals surface area (Å²) in [4.78, 5) is 32.6. The van der Waals surface area contributed by atoms with Crippen molar-refractivity contribution >= 4 is 12.0 Å². The number of hydrogen-bond acceptors (Lipinski definition) is 7. The number of methoxy groups -OCH3 is 1.